The van der Waals surface area contributed by atoms with E-state index >= 15 is 0 Å². The monoisotopic (exact) mass is 188 g/mol. The van der Waals surface area contributed by atoms with Crippen molar-refractivity contribution in [1.29, 1.82) is 0 Å². The molecule has 0 amide bonds. The van der Waals surface area contributed by atoms with Gasteiger partial charge in [0.2, 0.25) is 0 Å². The Morgan fingerprint density at radius 1 is 1.33 bits per heavy atom. The SMILES string of the molecule is C=C(Cl)Cc1ccc(F)c(F)c1. The van der Waals surface area contributed by atoms with Gasteiger partial charge in [0, 0.05) is 11.5 Å². The van der Waals surface area contributed by atoms with Gasteiger partial charge in [0.15, 0.2) is 11.6 Å². The van der Waals surface area contributed by atoms with Gasteiger partial charge in [0.25, 0.3) is 0 Å². The lowest BCUT2D eigenvalue weighted by molar-refractivity contribution is 0.507. The summed E-state index contributed by atoms with van der Waals surface area (Å²) in [4.78, 5) is 0. The third kappa shape index (κ3) is 2.31. The Hall–Kier alpha value is -0.890. The molecule has 1 rings (SSSR count). The largest absolute Gasteiger partial charge is 0.204 e. The molecule has 64 valence electrons. The Morgan fingerprint density at radius 2 is 2.00 bits per heavy atom. The molecule has 1 aromatic carbocycles. The van der Waals surface area contributed by atoms with Crippen molar-refractivity contribution in [2.75, 3.05) is 0 Å². The van der Waals surface area contributed by atoms with E-state index in [0.29, 0.717) is 17.0 Å². The second-order valence-electron chi connectivity index (χ2n) is 2.44. The molecule has 0 unspecified atom stereocenters. The van der Waals surface area contributed by atoms with Gasteiger partial charge in [-0.1, -0.05) is 24.2 Å². The maximum absolute atomic E-state index is 12.6. The Morgan fingerprint density at radius 3 is 2.50 bits per heavy atom. The molecule has 0 bridgehead atoms. The van der Waals surface area contributed by atoms with Gasteiger partial charge in [-0.15, -0.1) is 0 Å². The van der Waals surface area contributed by atoms with Crippen molar-refractivity contribution in [2.24, 2.45) is 0 Å². The van der Waals surface area contributed by atoms with Gasteiger partial charge in [-0.2, -0.15) is 0 Å². The van der Waals surface area contributed by atoms with Crippen molar-refractivity contribution in [3.8, 4) is 0 Å². The highest BCUT2D eigenvalue weighted by Gasteiger charge is 2.02. The Labute approximate surface area is 74.5 Å². The van der Waals surface area contributed by atoms with Crippen LogP contribution in [0.15, 0.2) is 29.8 Å². The van der Waals surface area contributed by atoms with Crippen LogP contribution in [0.25, 0.3) is 0 Å². The molecule has 0 heterocycles. The normalized spacial score (nSPS) is 9.92. The first-order chi connectivity index (χ1) is 5.59. The third-order valence-corrected chi connectivity index (χ3v) is 1.51. The van der Waals surface area contributed by atoms with Crippen LogP contribution in [-0.2, 0) is 6.42 Å². The molecule has 3 heteroatoms. The Bertz CT molecular complexity index is 307. The molecule has 12 heavy (non-hydrogen) atoms. The predicted octanol–water partition coefficient (Wildman–Crippen LogP) is 3.26. The zero-order valence-electron chi connectivity index (χ0n) is 6.28. The molecule has 0 aliphatic carbocycles. The van der Waals surface area contributed by atoms with E-state index in [1.54, 1.807) is 0 Å². The van der Waals surface area contributed by atoms with Crippen LogP contribution in [0, 0.1) is 11.6 Å². The zero-order chi connectivity index (χ0) is 9.14. The number of benzene rings is 1. The fourth-order valence-electron chi connectivity index (χ4n) is 0.871. The number of hydrogen-bond acceptors (Lipinski definition) is 0. The summed E-state index contributed by atoms with van der Waals surface area (Å²) in [7, 11) is 0. The predicted molar refractivity (Wildman–Crippen MR) is 45.1 cm³/mol. The van der Waals surface area contributed by atoms with Gasteiger partial charge in [-0.3, -0.25) is 0 Å². The van der Waals surface area contributed by atoms with Crippen molar-refractivity contribution < 1.29 is 8.78 Å². The third-order valence-electron chi connectivity index (χ3n) is 1.38. The van der Waals surface area contributed by atoms with Crippen molar-refractivity contribution in [2.45, 2.75) is 6.42 Å². The minimum Gasteiger partial charge on any atom is -0.204 e. The van der Waals surface area contributed by atoms with Crippen LogP contribution in [-0.4, -0.2) is 0 Å². The highest BCUT2D eigenvalue weighted by molar-refractivity contribution is 6.29. The molecule has 0 atom stereocenters. The Kier molecular flexibility index (Phi) is 2.82. The van der Waals surface area contributed by atoms with Crippen LogP contribution in [0.1, 0.15) is 5.56 Å². The van der Waals surface area contributed by atoms with Gasteiger partial charge >= 0.3 is 0 Å². The topological polar surface area (TPSA) is 0 Å². The maximum Gasteiger partial charge on any atom is 0.159 e. The molecule has 0 saturated carbocycles. The molecule has 0 aliphatic heterocycles. The molecule has 0 aromatic heterocycles. The molecule has 0 radical (unpaired) electrons. The van der Waals surface area contributed by atoms with Crippen LogP contribution in [0.2, 0.25) is 0 Å². The molecular formula is C9H7ClF2. The van der Waals surface area contributed by atoms with Crippen LogP contribution in [0.5, 0.6) is 0 Å². The average Bonchev–Trinajstić information content (AvgIpc) is 1.96. The quantitative estimate of drug-likeness (QED) is 0.668. The lowest BCUT2D eigenvalue weighted by atomic mass is 10.1. The maximum atomic E-state index is 12.6. The average molecular weight is 189 g/mol. The van der Waals surface area contributed by atoms with Crippen molar-refractivity contribution >= 4 is 11.6 Å². The standard InChI is InChI=1S/C9H7ClF2/c1-6(10)4-7-2-3-8(11)9(12)5-7/h2-3,5H,1,4H2. The van der Waals surface area contributed by atoms with Crippen molar-refractivity contribution in [1.82, 2.24) is 0 Å². The molecular weight excluding hydrogens is 182 g/mol. The first kappa shape index (κ1) is 9.20. The fourth-order valence-corrected chi connectivity index (χ4v) is 1.03. The summed E-state index contributed by atoms with van der Waals surface area (Å²) in [6, 6.07) is 3.67. The molecule has 0 aliphatic rings. The molecule has 1 aromatic rings. The molecule has 0 fully saturated rings. The minimum atomic E-state index is -0.856. The fraction of sp³-hybridized carbons (Fsp3) is 0.111. The second kappa shape index (κ2) is 3.68. The van der Waals surface area contributed by atoms with Gasteiger partial charge in [0.05, 0.1) is 0 Å². The summed E-state index contributed by atoms with van der Waals surface area (Å²) in [5, 5.41) is 0.404. The summed E-state index contributed by atoms with van der Waals surface area (Å²) >= 11 is 5.49. The number of rotatable bonds is 2. The van der Waals surface area contributed by atoms with Crippen LogP contribution >= 0.6 is 11.6 Å². The first-order valence-corrected chi connectivity index (χ1v) is 3.74. The van der Waals surface area contributed by atoms with Crippen LogP contribution < -0.4 is 0 Å². The lowest BCUT2D eigenvalue weighted by Crippen LogP contribution is -1.88. The number of hydrogen-bond donors (Lipinski definition) is 0. The summed E-state index contributed by atoms with van der Waals surface area (Å²) in [6.07, 6.45) is 0.360. The molecule has 0 N–H and O–H groups in total. The second-order valence-corrected chi connectivity index (χ2v) is 2.98. The summed E-state index contributed by atoms with van der Waals surface area (Å²) in [5.74, 6) is -1.70. The molecule has 0 spiro atoms. The summed E-state index contributed by atoms with van der Waals surface area (Å²) in [5.41, 5.74) is 0.619. The van der Waals surface area contributed by atoms with Crippen LogP contribution in [0.3, 0.4) is 0 Å². The van der Waals surface area contributed by atoms with Crippen molar-refractivity contribution in [3.63, 3.8) is 0 Å². The minimum absolute atomic E-state index is 0.360. The van der Waals surface area contributed by atoms with Crippen molar-refractivity contribution in [3.05, 3.63) is 47.0 Å². The number of allylic oxidation sites excluding steroid dienone is 1. The van der Waals surface area contributed by atoms with E-state index in [1.165, 1.54) is 6.07 Å². The van der Waals surface area contributed by atoms with E-state index in [9.17, 15) is 8.78 Å². The molecule has 0 saturated heterocycles. The van der Waals surface area contributed by atoms with Gasteiger partial charge in [-0.05, 0) is 17.7 Å². The summed E-state index contributed by atoms with van der Waals surface area (Å²) in [6.45, 7) is 3.45. The first-order valence-electron chi connectivity index (χ1n) is 3.37. The smallest absolute Gasteiger partial charge is 0.159 e. The zero-order valence-corrected chi connectivity index (χ0v) is 7.04. The van der Waals surface area contributed by atoms with E-state index in [4.69, 9.17) is 11.6 Å². The van der Waals surface area contributed by atoms with E-state index in [0.717, 1.165) is 12.1 Å². The highest BCUT2D eigenvalue weighted by atomic mass is 35.5. The highest BCUT2D eigenvalue weighted by Crippen LogP contribution is 2.13. The lowest BCUT2D eigenvalue weighted by Gasteiger charge is -1.99. The van der Waals surface area contributed by atoms with E-state index in [-0.39, 0.29) is 0 Å². The summed E-state index contributed by atoms with van der Waals surface area (Å²) < 4.78 is 25.0. The Balaban J connectivity index is 2.89. The van der Waals surface area contributed by atoms with E-state index < -0.39 is 11.6 Å². The van der Waals surface area contributed by atoms with Gasteiger partial charge < -0.3 is 0 Å². The van der Waals surface area contributed by atoms with E-state index in [1.807, 2.05) is 0 Å². The number of halogens is 3. The van der Waals surface area contributed by atoms with Gasteiger partial charge in [0.1, 0.15) is 0 Å². The molecule has 0 nitrogen and oxygen atoms in total. The van der Waals surface area contributed by atoms with Gasteiger partial charge in [-0.25, -0.2) is 8.78 Å². The van der Waals surface area contributed by atoms with E-state index in [2.05, 4.69) is 6.58 Å². The van der Waals surface area contributed by atoms with Crippen LogP contribution in [0.4, 0.5) is 8.78 Å².